The van der Waals surface area contributed by atoms with E-state index in [1.165, 1.54) is 59.5 Å². The van der Waals surface area contributed by atoms with Gasteiger partial charge in [-0.3, -0.25) is 4.79 Å². The molecule has 0 spiro atoms. The first kappa shape index (κ1) is 21.7. The SMILES string of the molecule is CC1CCCN1CCc1ccc(-c2ccc3c(c2)CCN(C(=O)c2ccnc(O)c2)C3)cc1. The molecular formula is C28H31N3O2. The normalized spacial score (nSPS) is 18.3. The molecule has 2 aliphatic heterocycles. The van der Waals surface area contributed by atoms with Crippen LogP contribution in [-0.2, 0) is 19.4 Å². The lowest BCUT2D eigenvalue weighted by molar-refractivity contribution is 0.0734. The second kappa shape index (κ2) is 9.36. The van der Waals surface area contributed by atoms with Gasteiger partial charge < -0.3 is 14.9 Å². The number of nitrogens with zero attached hydrogens (tertiary/aromatic N) is 3. The lowest BCUT2D eigenvalue weighted by atomic mass is 9.94. The highest BCUT2D eigenvalue weighted by Gasteiger charge is 2.23. The molecule has 1 saturated heterocycles. The van der Waals surface area contributed by atoms with Gasteiger partial charge in [0.15, 0.2) is 0 Å². The Morgan fingerprint density at radius 1 is 1.03 bits per heavy atom. The Kier molecular flexibility index (Phi) is 6.14. The number of fused-ring (bicyclic) bond motifs is 1. The van der Waals surface area contributed by atoms with Crippen LogP contribution in [0.4, 0.5) is 0 Å². The zero-order valence-electron chi connectivity index (χ0n) is 19.2. The van der Waals surface area contributed by atoms with E-state index in [1.807, 2.05) is 4.90 Å². The second-order valence-corrected chi connectivity index (χ2v) is 9.34. The zero-order chi connectivity index (χ0) is 22.8. The second-order valence-electron chi connectivity index (χ2n) is 9.34. The van der Waals surface area contributed by atoms with Gasteiger partial charge in [-0.25, -0.2) is 4.98 Å². The number of benzene rings is 2. The van der Waals surface area contributed by atoms with Gasteiger partial charge in [0.25, 0.3) is 5.91 Å². The number of aromatic hydroxyl groups is 1. The van der Waals surface area contributed by atoms with E-state index in [-0.39, 0.29) is 11.8 Å². The van der Waals surface area contributed by atoms with Crippen molar-refractivity contribution in [3.8, 4) is 17.0 Å². The molecule has 2 aliphatic rings. The smallest absolute Gasteiger partial charge is 0.254 e. The molecule has 5 nitrogen and oxygen atoms in total. The van der Waals surface area contributed by atoms with E-state index in [2.05, 4.69) is 59.3 Å². The van der Waals surface area contributed by atoms with Crippen LogP contribution in [0.3, 0.4) is 0 Å². The van der Waals surface area contributed by atoms with Crippen LogP contribution in [0.15, 0.2) is 60.8 Å². The van der Waals surface area contributed by atoms with Gasteiger partial charge in [-0.2, -0.15) is 0 Å². The van der Waals surface area contributed by atoms with Crippen LogP contribution >= 0.6 is 0 Å². The van der Waals surface area contributed by atoms with Crippen molar-refractivity contribution in [1.82, 2.24) is 14.8 Å². The number of aromatic nitrogens is 1. The summed E-state index contributed by atoms with van der Waals surface area (Å²) in [5.41, 5.74) is 6.83. The largest absolute Gasteiger partial charge is 0.493 e. The predicted molar refractivity (Wildman–Crippen MR) is 130 cm³/mol. The summed E-state index contributed by atoms with van der Waals surface area (Å²) in [4.78, 5) is 21.0. The number of amides is 1. The molecule has 3 aromatic rings. The van der Waals surface area contributed by atoms with Crippen LogP contribution in [0.5, 0.6) is 5.88 Å². The average Bonchev–Trinajstić information content (AvgIpc) is 3.26. The van der Waals surface area contributed by atoms with Crippen molar-refractivity contribution in [2.75, 3.05) is 19.6 Å². The van der Waals surface area contributed by atoms with Gasteiger partial charge in [-0.15, -0.1) is 0 Å². The number of rotatable bonds is 5. The van der Waals surface area contributed by atoms with Gasteiger partial charge in [0.05, 0.1) is 0 Å². The topological polar surface area (TPSA) is 56.7 Å². The quantitative estimate of drug-likeness (QED) is 0.625. The highest BCUT2D eigenvalue weighted by molar-refractivity contribution is 5.94. The first-order chi connectivity index (χ1) is 16.1. The maximum atomic E-state index is 12.8. The van der Waals surface area contributed by atoms with Crippen LogP contribution in [0.25, 0.3) is 11.1 Å². The van der Waals surface area contributed by atoms with Gasteiger partial charge in [-0.1, -0.05) is 42.5 Å². The van der Waals surface area contributed by atoms with E-state index in [9.17, 15) is 9.90 Å². The molecular weight excluding hydrogens is 410 g/mol. The number of pyridine rings is 1. The number of likely N-dealkylation sites (tertiary alicyclic amines) is 1. The highest BCUT2D eigenvalue weighted by Crippen LogP contribution is 2.28. The maximum Gasteiger partial charge on any atom is 0.254 e. The summed E-state index contributed by atoms with van der Waals surface area (Å²) in [7, 11) is 0. The standard InChI is InChI=1S/C28H31N3O2/c1-20-3-2-14-30(20)15-11-21-4-6-22(7-5-21)23-8-9-26-19-31(16-12-24(26)17-23)28(33)25-10-13-29-27(32)18-25/h4-10,13,17-18,20H,2-3,11-12,14-16,19H2,1H3,(H,29,32). The third-order valence-corrected chi connectivity index (χ3v) is 7.16. The fourth-order valence-corrected chi connectivity index (χ4v) is 5.10. The van der Waals surface area contributed by atoms with Crippen LogP contribution in [0.2, 0.25) is 0 Å². The molecule has 5 rings (SSSR count). The molecule has 3 heterocycles. The van der Waals surface area contributed by atoms with E-state index in [0.29, 0.717) is 18.7 Å². The van der Waals surface area contributed by atoms with Crippen molar-refractivity contribution in [2.45, 2.75) is 45.2 Å². The Morgan fingerprint density at radius 3 is 2.61 bits per heavy atom. The summed E-state index contributed by atoms with van der Waals surface area (Å²) >= 11 is 0. The molecule has 5 heteroatoms. The Labute approximate surface area is 195 Å². The van der Waals surface area contributed by atoms with Crippen molar-refractivity contribution in [3.63, 3.8) is 0 Å². The number of hydrogen-bond donors (Lipinski definition) is 1. The molecule has 0 radical (unpaired) electrons. The Morgan fingerprint density at radius 2 is 1.85 bits per heavy atom. The first-order valence-corrected chi connectivity index (χ1v) is 12.0. The maximum absolute atomic E-state index is 12.8. The molecule has 1 atom stereocenters. The molecule has 0 aliphatic carbocycles. The van der Waals surface area contributed by atoms with E-state index in [1.54, 1.807) is 6.07 Å². The summed E-state index contributed by atoms with van der Waals surface area (Å²) in [6, 6.07) is 19.4. The van der Waals surface area contributed by atoms with Gasteiger partial charge >= 0.3 is 0 Å². The van der Waals surface area contributed by atoms with E-state index in [4.69, 9.17) is 0 Å². The predicted octanol–water partition coefficient (Wildman–Crippen LogP) is 4.68. The van der Waals surface area contributed by atoms with Crippen LogP contribution in [0.1, 0.15) is 46.8 Å². The molecule has 1 amide bonds. The molecule has 2 aromatic carbocycles. The average molecular weight is 442 g/mol. The third-order valence-electron chi connectivity index (χ3n) is 7.16. The molecule has 33 heavy (non-hydrogen) atoms. The van der Waals surface area contributed by atoms with Gasteiger partial charge in [0, 0.05) is 43.5 Å². The van der Waals surface area contributed by atoms with E-state index in [0.717, 1.165) is 25.4 Å². The number of carbonyl (C=O) groups excluding carboxylic acids is 1. The van der Waals surface area contributed by atoms with Crippen molar-refractivity contribution in [1.29, 1.82) is 0 Å². The lowest BCUT2D eigenvalue weighted by Crippen LogP contribution is -2.35. The summed E-state index contributed by atoms with van der Waals surface area (Å²) in [5, 5.41) is 9.58. The Hall–Kier alpha value is -3.18. The van der Waals surface area contributed by atoms with Gasteiger partial charge in [-0.05, 0) is 73.0 Å². The van der Waals surface area contributed by atoms with Crippen molar-refractivity contribution in [3.05, 3.63) is 83.0 Å². The van der Waals surface area contributed by atoms with Crippen LogP contribution in [0, 0.1) is 0 Å². The van der Waals surface area contributed by atoms with E-state index >= 15 is 0 Å². The monoisotopic (exact) mass is 441 g/mol. The summed E-state index contributed by atoms with van der Waals surface area (Å²) in [6.07, 6.45) is 6.06. The molecule has 170 valence electrons. The zero-order valence-corrected chi connectivity index (χ0v) is 19.2. The van der Waals surface area contributed by atoms with E-state index < -0.39 is 0 Å². The molecule has 1 unspecified atom stereocenters. The van der Waals surface area contributed by atoms with Crippen LogP contribution < -0.4 is 0 Å². The summed E-state index contributed by atoms with van der Waals surface area (Å²) < 4.78 is 0. The molecule has 0 saturated carbocycles. The van der Waals surface area contributed by atoms with Crippen molar-refractivity contribution >= 4 is 5.91 Å². The summed E-state index contributed by atoms with van der Waals surface area (Å²) in [6.45, 7) is 5.99. The van der Waals surface area contributed by atoms with Crippen LogP contribution in [-0.4, -0.2) is 51.5 Å². The van der Waals surface area contributed by atoms with Gasteiger partial charge in [0.2, 0.25) is 5.88 Å². The fraction of sp³-hybridized carbons (Fsp3) is 0.357. The minimum Gasteiger partial charge on any atom is -0.493 e. The number of hydrogen-bond acceptors (Lipinski definition) is 4. The lowest BCUT2D eigenvalue weighted by Gasteiger charge is -2.29. The molecule has 1 N–H and O–H groups in total. The Balaban J connectivity index is 1.24. The van der Waals surface area contributed by atoms with Crippen molar-refractivity contribution in [2.24, 2.45) is 0 Å². The highest BCUT2D eigenvalue weighted by atomic mass is 16.3. The van der Waals surface area contributed by atoms with Gasteiger partial charge in [0.1, 0.15) is 0 Å². The van der Waals surface area contributed by atoms with Crippen molar-refractivity contribution < 1.29 is 9.90 Å². The minimum atomic E-state index is -0.125. The number of carbonyl (C=O) groups is 1. The third kappa shape index (κ3) is 4.79. The first-order valence-electron chi connectivity index (χ1n) is 12.0. The molecule has 1 fully saturated rings. The molecule has 1 aromatic heterocycles. The summed E-state index contributed by atoms with van der Waals surface area (Å²) in [5.74, 6) is -0.194. The minimum absolute atomic E-state index is 0.0682. The fourth-order valence-electron chi connectivity index (χ4n) is 5.10. The Bertz CT molecular complexity index is 1140. The molecule has 0 bridgehead atoms.